The predicted molar refractivity (Wildman–Crippen MR) is 103 cm³/mol. The molecule has 2 aliphatic rings. The average molecular weight is 379 g/mol. The third kappa shape index (κ3) is 4.52. The minimum absolute atomic E-state index is 0.159. The molecule has 152 valence electrons. The van der Waals surface area contributed by atoms with E-state index in [1.165, 1.54) is 0 Å². The Kier molecular flexibility index (Phi) is 6.23. The molecular weight excluding hydrogens is 344 g/mol. The van der Waals surface area contributed by atoms with Crippen LogP contribution in [0.25, 0.3) is 0 Å². The molecule has 1 amide bonds. The zero-order valence-electron chi connectivity index (χ0n) is 17.0. The van der Waals surface area contributed by atoms with Crippen molar-refractivity contribution in [3.8, 4) is 0 Å². The second kappa shape index (κ2) is 8.29. The molecule has 0 aromatic carbocycles. The zero-order valence-corrected chi connectivity index (χ0v) is 17.0. The molecule has 2 saturated heterocycles. The van der Waals surface area contributed by atoms with E-state index >= 15 is 0 Å². The Balaban J connectivity index is 1.56. The van der Waals surface area contributed by atoms with E-state index < -0.39 is 5.60 Å². The average Bonchev–Trinajstić information content (AvgIpc) is 3.10. The van der Waals surface area contributed by atoms with Gasteiger partial charge < -0.3 is 19.3 Å². The maximum atomic E-state index is 12.8. The molecule has 0 radical (unpaired) electrons. The number of amides is 1. The Morgan fingerprint density at radius 1 is 1.30 bits per heavy atom. The molecule has 1 aromatic heterocycles. The van der Waals surface area contributed by atoms with Crippen molar-refractivity contribution in [2.45, 2.75) is 52.2 Å². The summed E-state index contributed by atoms with van der Waals surface area (Å²) in [6.45, 7) is 12.0. The van der Waals surface area contributed by atoms with Crippen molar-refractivity contribution in [3.05, 3.63) is 18.2 Å². The van der Waals surface area contributed by atoms with Crippen LogP contribution in [0.3, 0.4) is 0 Å². The van der Waals surface area contributed by atoms with Crippen LogP contribution in [0.5, 0.6) is 0 Å². The van der Waals surface area contributed by atoms with Crippen molar-refractivity contribution in [1.82, 2.24) is 19.4 Å². The molecule has 7 nitrogen and oxygen atoms in total. The van der Waals surface area contributed by atoms with Crippen molar-refractivity contribution < 1.29 is 14.6 Å². The van der Waals surface area contributed by atoms with Crippen LogP contribution in [0, 0.1) is 5.41 Å². The summed E-state index contributed by atoms with van der Waals surface area (Å²) in [5.41, 5.74) is -1.12. The summed E-state index contributed by atoms with van der Waals surface area (Å²) in [5.74, 6) is 1.17. The monoisotopic (exact) mass is 378 g/mol. The lowest BCUT2D eigenvalue weighted by Gasteiger charge is -2.52. The number of ether oxygens (including phenoxy) is 1. The summed E-state index contributed by atoms with van der Waals surface area (Å²) in [4.78, 5) is 21.3. The van der Waals surface area contributed by atoms with Gasteiger partial charge in [0.15, 0.2) is 0 Å². The highest BCUT2D eigenvalue weighted by Crippen LogP contribution is 2.39. The number of aromatic nitrogens is 2. The molecule has 1 aromatic rings. The Bertz CT molecular complexity index is 639. The SMILES string of the molecule is CCc1nccn1CCC(=O)N1CC[C@@](O)(CN2CCOCC2)C(C)(C)C1. The largest absolute Gasteiger partial charge is 0.388 e. The number of imidazole rings is 1. The summed E-state index contributed by atoms with van der Waals surface area (Å²) >= 11 is 0. The van der Waals surface area contributed by atoms with Gasteiger partial charge in [-0.05, 0) is 6.42 Å². The molecule has 0 saturated carbocycles. The Labute approximate surface area is 162 Å². The zero-order chi connectivity index (χ0) is 19.5. The van der Waals surface area contributed by atoms with E-state index in [0.717, 1.165) is 38.5 Å². The molecule has 1 atom stereocenters. The van der Waals surface area contributed by atoms with Crippen molar-refractivity contribution >= 4 is 5.91 Å². The maximum absolute atomic E-state index is 12.8. The number of hydrogen-bond donors (Lipinski definition) is 1. The second-order valence-corrected chi connectivity index (χ2v) is 8.51. The fourth-order valence-electron chi connectivity index (χ4n) is 4.23. The van der Waals surface area contributed by atoms with Gasteiger partial charge in [-0.3, -0.25) is 9.69 Å². The lowest BCUT2D eigenvalue weighted by molar-refractivity contribution is -0.157. The van der Waals surface area contributed by atoms with Crippen LogP contribution in [0.4, 0.5) is 0 Å². The van der Waals surface area contributed by atoms with E-state index in [-0.39, 0.29) is 11.3 Å². The van der Waals surface area contributed by atoms with Crippen molar-refractivity contribution in [2.75, 3.05) is 45.9 Å². The number of aryl methyl sites for hydroxylation is 2. The molecule has 27 heavy (non-hydrogen) atoms. The van der Waals surface area contributed by atoms with Crippen molar-refractivity contribution in [3.63, 3.8) is 0 Å². The Morgan fingerprint density at radius 2 is 2.04 bits per heavy atom. The first kappa shape index (κ1) is 20.3. The Hall–Kier alpha value is -1.44. The standard InChI is InChI=1S/C20H34N4O3/c1-4-17-21-7-10-23(17)8-5-18(25)24-9-6-20(26,19(2,3)15-24)16-22-11-13-27-14-12-22/h7,10,26H,4-6,8-9,11-16H2,1-3H3/t20-/m1/s1. The number of hydrogen-bond acceptors (Lipinski definition) is 5. The number of β-amino-alcohol motifs (C(OH)–C–C–N with tert-alkyl or cyclic N) is 1. The van der Waals surface area contributed by atoms with Gasteiger partial charge in [0.2, 0.25) is 5.91 Å². The molecular formula is C20H34N4O3. The lowest BCUT2D eigenvalue weighted by atomic mass is 9.69. The third-order valence-corrected chi connectivity index (χ3v) is 6.27. The first-order valence-electron chi connectivity index (χ1n) is 10.1. The summed E-state index contributed by atoms with van der Waals surface area (Å²) < 4.78 is 7.47. The smallest absolute Gasteiger partial charge is 0.224 e. The highest BCUT2D eigenvalue weighted by atomic mass is 16.5. The van der Waals surface area contributed by atoms with Gasteiger partial charge in [0.1, 0.15) is 5.82 Å². The van der Waals surface area contributed by atoms with Gasteiger partial charge in [0, 0.05) is 69.9 Å². The van der Waals surface area contributed by atoms with Gasteiger partial charge in [-0.25, -0.2) is 4.98 Å². The molecule has 7 heteroatoms. The first-order valence-corrected chi connectivity index (χ1v) is 10.1. The van der Waals surface area contributed by atoms with E-state index in [4.69, 9.17) is 4.74 Å². The van der Waals surface area contributed by atoms with E-state index in [9.17, 15) is 9.90 Å². The van der Waals surface area contributed by atoms with Crippen LogP contribution in [0.1, 0.15) is 39.4 Å². The van der Waals surface area contributed by atoms with Gasteiger partial charge in [0.05, 0.1) is 18.8 Å². The number of likely N-dealkylation sites (tertiary alicyclic amines) is 1. The van der Waals surface area contributed by atoms with Crippen LogP contribution in [0.15, 0.2) is 12.4 Å². The minimum atomic E-state index is -0.777. The van der Waals surface area contributed by atoms with Crippen molar-refractivity contribution in [2.24, 2.45) is 5.41 Å². The fraction of sp³-hybridized carbons (Fsp3) is 0.800. The van der Waals surface area contributed by atoms with Crippen LogP contribution in [-0.2, 0) is 22.5 Å². The van der Waals surface area contributed by atoms with E-state index in [0.29, 0.717) is 39.0 Å². The minimum Gasteiger partial charge on any atom is -0.388 e. The van der Waals surface area contributed by atoms with Gasteiger partial charge in [0.25, 0.3) is 0 Å². The van der Waals surface area contributed by atoms with E-state index in [1.807, 2.05) is 11.1 Å². The van der Waals surface area contributed by atoms with Crippen LogP contribution < -0.4 is 0 Å². The summed E-state index contributed by atoms with van der Waals surface area (Å²) in [6.07, 6.45) is 5.69. The highest BCUT2D eigenvalue weighted by Gasteiger charge is 2.49. The topological polar surface area (TPSA) is 70.8 Å². The fourth-order valence-corrected chi connectivity index (χ4v) is 4.23. The number of carbonyl (C=O) groups is 1. The highest BCUT2D eigenvalue weighted by molar-refractivity contribution is 5.76. The molecule has 0 spiro atoms. The number of carbonyl (C=O) groups excluding carboxylic acids is 1. The van der Waals surface area contributed by atoms with Gasteiger partial charge >= 0.3 is 0 Å². The number of rotatable bonds is 6. The normalized spacial score (nSPS) is 26.3. The molecule has 3 rings (SSSR count). The van der Waals surface area contributed by atoms with Crippen LogP contribution in [-0.4, -0.2) is 81.9 Å². The van der Waals surface area contributed by atoms with Crippen molar-refractivity contribution in [1.29, 1.82) is 0 Å². The lowest BCUT2D eigenvalue weighted by Crippen LogP contribution is -2.63. The van der Waals surface area contributed by atoms with Gasteiger partial charge in [-0.1, -0.05) is 20.8 Å². The van der Waals surface area contributed by atoms with Gasteiger partial charge in [-0.15, -0.1) is 0 Å². The molecule has 2 aliphatic heterocycles. The second-order valence-electron chi connectivity index (χ2n) is 8.51. The maximum Gasteiger partial charge on any atom is 0.224 e. The van der Waals surface area contributed by atoms with Gasteiger partial charge in [-0.2, -0.15) is 0 Å². The molecule has 0 bridgehead atoms. The van der Waals surface area contributed by atoms with Crippen LogP contribution >= 0.6 is 0 Å². The van der Waals surface area contributed by atoms with E-state index in [2.05, 4.69) is 35.2 Å². The quantitative estimate of drug-likeness (QED) is 0.804. The molecule has 3 heterocycles. The molecule has 1 N–H and O–H groups in total. The number of morpholine rings is 1. The third-order valence-electron chi connectivity index (χ3n) is 6.27. The summed E-state index contributed by atoms with van der Waals surface area (Å²) in [7, 11) is 0. The number of aliphatic hydroxyl groups is 1. The first-order chi connectivity index (χ1) is 12.8. The Morgan fingerprint density at radius 3 is 2.70 bits per heavy atom. The molecule has 0 unspecified atom stereocenters. The van der Waals surface area contributed by atoms with Crippen LogP contribution in [0.2, 0.25) is 0 Å². The predicted octanol–water partition coefficient (Wildman–Crippen LogP) is 1.16. The number of nitrogens with zero attached hydrogens (tertiary/aromatic N) is 4. The molecule has 0 aliphatic carbocycles. The van der Waals surface area contributed by atoms with E-state index in [1.54, 1.807) is 6.20 Å². The summed E-state index contributed by atoms with van der Waals surface area (Å²) in [6, 6.07) is 0. The molecule has 2 fully saturated rings. The number of piperidine rings is 1. The summed E-state index contributed by atoms with van der Waals surface area (Å²) in [5, 5.41) is 11.4.